The van der Waals surface area contributed by atoms with Gasteiger partial charge in [-0.25, -0.2) is 0 Å². The zero-order chi connectivity index (χ0) is 12.6. The van der Waals surface area contributed by atoms with Crippen LogP contribution in [0.1, 0.15) is 53.4 Å². The van der Waals surface area contributed by atoms with Gasteiger partial charge in [0.05, 0.1) is 0 Å². The van der Waals surface area contributed by atoms with Crippen molar-refractivity contribution in [2.24, 2.45) is 11.7 Å². The number of nitrogens with two attached hydrogens (primary N) is 1. The first-order valence-electron chi connectivity index (χ1n) is 6.56. The van der Waals surface area contributed by atoms with Crippen LogP contribution in [-0.4, -0.2) is 29.9 Å². The van der Waals surface area contributed by atoms with Crippen LogP contribution in [0.5, 0.6) is 0 Å². The Kier molecular flexibility index (Phi) is 8.26. The van der Waals surface area contributed by atoms with Gasteiger partial charge in [-0.1, -0.05) is 27.7 Å². The van der Waals surface area contributed by atoms with Crippen LogP contribution in [0, 0.1) is 5.92 Å². The van der Waals surface area contributed by atoms with Gasteiger partial charge in [-0.2, -0.15) is 0 Å². The second-order valence-electron chi connectivity index (χ2n) is 4.80. The largest absolute Gasteiger partial charge is 0.339 e. The molecule has 0 aromatic rings. The molecule has 3 nitrogen and oxygen atoms in total. The van der Waals surface area contributed by atoms with E-state index in [9.17, 15) is 4.79 Å². The predicted molar refractivity (Wildman–Crippen MR) is 69.2 cm³/mol. The topological polar surface area (TPSA) is 46.3 Å². The molecule has 0 bridgehead atoms. The average molecular weight is 228 g/mol. The summed E-state index contributed by atoms with van der Waals surface area (Å²) in [6.07, 6.45) is 3.47. The Labute approximate surface area is 100 Å². The maximum absolute atomic E-state index is 12.1. The van der Waals surface area contributed by atoms with E-state index in [4.69, 9.17) is 5.73 Å². The van der Waals surface area contributed by atoms with Crippen LogP contribution >= 0.6 is 0 Å². The molecule has 16 heavy (non-hydrogen) atoms. The first-order valence-corrected chi connectivity index (χ1v) is 6.56. The third kappa shape index (κ3) is 5.50. The summed E-state index contributed by atoms with van der Waals surface area (Å²) < 4.78 is 0. The van der Waals surface area contributed by atoms with Gasteiger partial charge in [0.25, 0.3) is 0 Å². The summed E-state index contributed by atoms with van der Waals surface area (Å²) in [5.74, 6) is 0.801. The quantitative estimate of drug-likeness (QED) is 0.693. The molecule has 0 radical (unpaired) electrons. The number of nitrogens with zero attached hydrogens (tertiary/aromatic N) is 1. The molecule has 0 fully saturated rings. The molecule has 0 saturated heterocycles. The van der Waals surface area contributed by atoms with Crippen molar-refractivity contribution in [3.8, 4) is 0 Å². The predicted octanol–water partition coefficient (Wildman–Crippen LogP) is 2.40. The minimum absolute atomic E-state index is 0.271. The van der Waals surface area contributed by atoms with Crippen molar-refractivity contribution in [2.75, 3.05) is 13.1 Å². The fourth-order valence-corrected chi connectivity index (χ4v) is 1.97. The van der Waals surface area contributed by atoms with Gasteiger partial charge in [-0.3, -0.25) is 4.79 Å². The number of carbonyl (C=O) groups is 1. The third-order valence-corrected chi connectivity index (χ3v) is 2.86. The van der Waals surface area contributed by atoms with Crippen LogP contribution in [0.25, 0.3) is 0 Å². The van der Waals surface area contributed by atoms with E-state index in [1.165, 1.54) is 0 Å². The van der Waals surface area contributed by atoms with Crippen molar-refractivity contribution in [1.29, 1.82) is 0 Å². The molecule has 0 saturated carbocycles. The molecule has 96 valence electrons. The molecule has 3 heteroatoms. The van der Waals surface area contributed by atoms with Gasteiger partial charge in [0, 0.05) is 19.0 Å². The van der Waals surface area contributed by atoms with Crippen molar-refractivity contribution in [1.82, 2.24) is 4.90 Å². The number of amides is 1. The molecule has 2 N–H and O–H groups in total. The minimum atomic E-state index is 0.271. The zero-order valence-electron chi connectivity index (χ0n) is 11.3. The monoisotopic (exact) mass is 228 g/mol. The van der Waals surface area contributed by atoms with Crippen LogP contribution in [0.4, 0.5) is 0 Å². The summed E-state index contributed by atoms with van der Waals surface area (Å²) >= 11 is 0. The molecule has 0 heterocycles. The van der Waals surface area contributed by atoms with E-state index in [1.807, 2.05) is 0 Å². The Bertz CT molecular complexity index is 188. The number of carbonyl (C=O) groups excluding carboxylic acids is 1. The SMILES string of the molecule is CCC(CC)N(CC(C)C)C(=O)CCCN. The van der Waals surface area contributed by atoms with E-state index in [0.29, 0.717) is 24.9 Å². The molecule has 0 aromatic carbocycles. The number of rotatable bonds is 8. The molecule has 0 aliphatic heterocycles. The van der Waals surface area contributed by atoms with Crippen LogP contribution in [0.15, 0.2) is 0 Å². The summed E-state index contributed by atoms with van der Waals surface area (Å²) in [6.45, 7) is 10.1. The molecule has 0 rings (SSSR count). The molecule has 0 spiro atoms. The van der Waals surface area contributed by atoms with Crippen molar-refractivity contribution < 1.29 is 4.79 Å². The summed E-state index contributed by atoms with van der Waals surface area (Å²) in [5, 5.41) is 0. The highest BCUT2D eigenvalue weighted by Gasteiger charge is 2.20. The Balaban J connectivity index is 4.44. The highest BCUT2D eigenvalue weighted by Crippen LogP contribution is 2.13. The minimum Gasteiger partial charge on any atom is -0.339 e. The zero-order valence-corrected chi connectivity index (χ0v) is 11.3. The standard InChI is InChI=1S/C13H28N2O/c1-5-12(6-2)15(10-11(3)4)13(16)8-7-9-14/h11-12H,5-10,14H2,1-4H3. The van der Waals surface area contributed by atoms with Crippen molar-refractivity contribution in [3.05, 3.63) is 0 Å². The fraction of sp³-hybridized carbons (Fsp3) is 0.923. The smallest absolute Gasteiger partial charge is 0.222 e. The molecular formula is C13H28N2O. The van der Waals surface area contributed by atoms with Crippen LogP contribution in [0.2, 0.25) is 0 Å². The molecule has 1 amide bonds. The molecule has 0 aliphatic rings. The summed E-state index contributed by atoms with van der Waals surface area (Å²) in [4.78, 5) is 14.1. The molecule has 0 atom stereocenters. The highest BCUT2D eigenvalue weighted by atomic mass is 16.2. The van der Waals surface area contributed by atoms with E-state index in [2.05, 4.69) is 32.6 Å². The van der Waals surface area contributed by atoms with Gasteiger partial charge in [-0.05, 0) is 31.7 Å². The van der Waals surface area contributed by atoms with Crippen LogP contribution in [-0.2, 0) is 4.79 Å². The van der Waals surface area contributed by atoms with Crippen LogP contribution < -0.4 is 5.73 Å². The van der Waals surface area contributed by atoms with Gasteiger partial charge in [-0.15, -0.1) is 0 Å². The maximum atomic E-state index is 12.1. The first kappa shape index (κ1) is 15.4. The lowest BCUT2D eigenvalue weighted by molar-refractivity contribution is -0.134. The molecule has 0 aliphatic carbocycles. The normalized spacial score (nSPS) is 11.2. The van der Waals surface area contributed by atoms with Gasteiger partial charge in [0.1, 0.15) is 0 Å². The van der Waals surface area contributed by atoms with Gasteiger partial charge in [0.2, 0.25) is 5.91 Å². The molecule has 0 unspecified atom stereocenters. The number of hydrogen-bond donors (Lipinski definition) is 1. The van der Waals surface area contributed by atoms with Crippen molar-refractivity contribution >= 4 is 5.91 Å². The Morgan fingerprint density at radius 1 is 1.25 bits per heavy atom. The Morgan fingerprint density at radius 2 is 1.81 bits per heavy atom. The lowest BCUT2D eigenvalue weighted by atomic mass is 10.1. The van der Waals surface area contributed by atoms with E-state index in [0.717, 1.165) is 25.8 Å². The highest BCUT2D eigenvalue weighted by molar-refractivity contribution is 5.76. The van der Waals surface area contributed by atoms with Crippen LogP contribution in [0.3, 0.4) is 0 Å². The summed E-state index contributed by atoms with van der Waals surface area (Å²) in [5.41, 5.74) is 5.45. The first-order chi connectivity index (χ1) is 7.56. The molecular weight excluding hydrogens is 200 g/mol. The second-order valence-corrected chi connectivity index (χ2v) is 4.80. The Hall–Kier alpha value is -0.570. The van der Waals surface area contributed by atoms with E-state index >= 15 is 0 Å². The van der Waals surface area contributed by atoms with E-state index in [1.54, 1.807) is 0 Å². The van der Waals surface area contributed by atoms with Crippen molar-refractivity contribution in [3.63, 3.8) is 0 Å². The molecule has 0 aromatic heterocycles. The van der Waals surface area contributed by atoms with Crippen molar-refractivity contribution in [2.45, 2.75) is 59.4 Å². The lowest BCUT2D eigenvalue weighted by Crippen LogP contribution is -2.42. The fourth-order valence-electron chi connectivity index (χ4n) is 1.97. The second kappa shape index (κ2) is 8.57. The lowest BCUT2D eigenvalue weighted by Gasteiger charge is -2.32. The third-order valence-electron chi connectivity index (χ3n) is 2.86. The van der Waals surface area contributed by atoms with Gasteiger partial charge in [0.15, 0.2) is 0 Å². The van der Waals surface area contributed by atoms with E-state index < -0.39 is 0 Å². The maximum Gasteiger partial charge on any atom is 0.222 e. The van der Waals surface area contributed by atoms with E-state index in [-0.39, 0.29) is 5.91 Å². The Morgan fingerprint density at radius 3 is 2.19 bits per heavy atom. The summed E-state index contributed by atoms with van der Waals surface area (Å²) in [6, 6.07) is 0.396. The summed E-state index contributed by atoms with van der Waals surface area (Å²) in [7, 11) is 0. The van der Waals surface area contributed by atoms with Gasteiger partial charge >= 0.3 is 0 Å². The average Bonchev–Trinajstić information content (AvgIpc) is 2.25. The number of hydrogen-bond acceptors (Lipinski definition) is 2. The van der Waals surface area contributed by atoms with Gasteiger partial charge < -0.3 is 10.6 Å².